The number of carboxylic acid groups (broad SMARTS) is 1. The van der Waals surface area contributed by atoms with E-state index >= 15 is 0 Å². The first-order valence-electron chi connectivity index (χ1n) is 25.1. The fourth-order valence-electron chi connectivity index (χ4n) is 8.19. The summed E-state index contributed by atoms with van der Waals surface area (Å²) in [6.07, 6.45) is -1.31. The van der Waals surface area contributed by atoms with Crippen molar-refractivity contribution in [2.24, 2.45) is 33.3 Å². The van der Waals surface area contributed by atoms with Crippen molar-refractivity contribution in [2.45, 2.75) is 139 Å². The van der Waals surface area contributed by atoms with Gasteiger partial charge in [-0.1, -0.05) is 37.2 Å². The molecule has 77 heavy (non-hydrogen) atoms. The maximum absolute atomic E-state index is 14.6. The number of benzene rings is 1. The molecule has 17 N–H and O–H groups in total. The number of fused-ring (bicyclic) bond motifs is 1. The summed E-state index contributed by atoms with van der Waals surface area (Å²) < 4.78 is 0. The lowest BCUT2D eigenvalue weighted by Crippen LogP contribution is -2.62. The van der Waals surface area contributed by atoms with Crippen LogP contribution in [0.3, 0.4) is 0 Å². The van der Waals surface area contributed by atoms with Crippen LogP contribution in [0.2, 0.25) is 0 Å². The molecule has 28 nitrogen and oxygen atoms in total. The molecule has 1 aliphatic rings. The Kier molecular flexibility index (Phi) is 26.8. The zero-order valence-corrected chi connectivity index (χ0v) is 44.4. The number of hydrogen-bond donors (Lipinski definition) is 14. The lowest BCUT2D eigenvalue weighted by molar-refractivity contribution is -0.142. The standard InChI is InChI=1S/C48H74N14O14S/c1-25(2)20-32-42(70)60-35(45(73)57-33(21-27-23-53-29-11-6-5-10-28(27)29)43(71)55-30(40(49)68)12-7-8-17-54-76)24-77-19-15-37(65)62(4)36(13-9-16-52-48(50)51)46(74)56-31(14-18-63)41(69)58-34(22-38(66)67)44(72)61-39(26(3)64)47(75)59-32/h5-6,10-11,23,25-26,30-36,39,53,63-64H,7-9,12-22,24H2,1-4H3,(H2,49,68)(H,55,71)(H,56,74)(H,57,73)(H,58,69)(H,59,75)(H,60,70)(H,61,72)(H,66,67)(H4,50,51,52)/t26-,30+,31+,32+,33+,34+,35+,36+,39+/m1/s1. The summed E-state index contributed by atoms with van der Waals surface area (Å²) in [7, 11) is 1.33. The minimum atomic E-state index is -1.94. The normalized spacial score (nSPS) is 21.8. The quantitative estimate of drug-likeness (QED) is 0.0226. The number of thioether (sulfide) groups is 1. The zero-order valence-electron chi connectivity index (χ0n) is 43.6. The van der Waals surface area contributed by atoms with Gasteiger partial charge in [-0.05, 0) is 69.4 Å². The molecule has 29 heteroatoms. The number of nitrogens with two attached hydrogens (primary N) is 3. The summed E-state index contributed by atoms with van der Waals surface area (Å²) in [5.74, 6) is -11.0. The number of para-hydroxylation sites is 1. The van der Waals surface area contributed by atoms with Gasteiger partial charge in [0.25, 0.3) is 0 Å². The molecule has 0 radical (unpaired) electrons. The van der Waals surface area contributed by atoms with Gasteiger partial charge in [-0.3, -0.25) is 52.9 Å². The Bertz CT molecular complexity index is 2420. The number of aliphatic hydroxyl groups excluding tert-OH is 2. The summed E-state index contributed by atoms with van der Waals surface area (Å²) in [5, 5.41) is 51.3. The van der Waals surface area contributed by atoms with Gasteiger partial charge in [-0.2, -0.15) is 16.7 Å². The van der Waals surface area contributed by atoms with Gasteiger partial charge in [0.1, 0.15) is 48.3 Å². The third-order valence-electron chi connectivity index (χ3n) is 12.3. The number of guanidine groups is 1. The number of carboxylic acids is 1. The minimum Gasteiger partial charge on any atom is -0.481 e. The Balaban J connectivity index is 2.14. The molecule has 1 aromatic carbocycles. The topological polar surface area (TPSA) is 454 Å². The molecule has 2 aromatic rings. The van der Waals surface area contributed by atoms with Crippen LogP contribution >= 0.6 is 11.8 Å². The Morgan fingerprint density at radius 2 is 1.48 bits per heavy atom. The lowest BCUT2D eigenvalue weighted by atomic mass is 10.0. The van der Waals surface area contributed by atoms with E-state index in [0.717, 1.165) is 23.6 Å². The summed E-state index contributed by atoms with van der Waals surface area (Å²) in [4.78, 5) is 156. The summed E-state index contributed by atoms with van der Waals surface area (Å²) >= 11 is 1.02. The van der Waals surface area contributed by atoms with Crippen LogP contribution in [-0.2, 0) is 54.4 Å². The van der Waals surface area contributed by atoms with E-state index < -0.39 is 133 Å². The van der Waals surface area contributed by atoms with Crippen molar-refractivity contribution in [3.63, 3.8) is 0 Å². The number of carbonyl (C=O) groups is 10. The molecule has 9 amide bonds. The number of nitrogens with one attached hydrogen (secondary N) is 8. The number of carbonyl (C=O) groups excluding carboxylic acids is 9. The zero-order chi connectivity index (χ0) is 57.4. The average Bonchev–Trinajstić information content (AvgIpc) is 3.77. The van der Waals surface area contributed by atoms with Crippen LogP contribution < -0.4 is 54.4 Å². The van der Waals surface area contributed by atoms with Gasteiger partial charge in [-0.15, -0.1) is 0 Å². The number of aliphatic hydroxyl groups is 2. The number of rotatable bonds is 23. The number of aliphatic carboxylic acids is 1. The Labute approximate surface area is 448 Å². The molecule has 3 rings (SSSR count). The number of amides is 9. The highest BCUT2D eigenvalue weighted by Crippen LogP contribution is 2.20. The van der Waals surface area contributed by atoms with Crippen molar-refractivity contribution >= 4 is 87.8 Å². The van der Waals surface area contributed by atoms with Crippen molar-refractivity contribution in [2.75, 3.05) is 38.2 Å². The Morgan fingerprint density at radius 1 is 0.818 bits per heavy atom. The highest BCUT2D eigenvalue weighted by molar-refractivity contribution is 7.99. The molecule has 9 atom stereocenters. The molecule has 1 fully saturated rings. The van der Waals surface area contributed by atoms with Crippen LogP contribution in [0.4, 0.5) is 0 Å². The number of nitrogens with zero attached hydrogens (tertiary/aromatic N) is 3. The van der Waals surface area contributed by atoms with E-state index in [1.165, 1.54) is 7.05 Å². The number of primary amides is 1. The number of likely N-dealkylation sites (N-methyl/N-ethyl adjacent to an activating group) is 1. The van der Waals surface area contributed by atoms with Crippen molar-refractivity contribution in [1.29, 1.82) is 0 Å². The second-order valence-electron chi connectivity index (χ2n) is 18.9. The monoisotopic (exact) mass is 1100 g/mol. The van der Waals surface area contributed by atoms with E-state index in [9.17, 15) is 68.2 Å². The number of unbranched alkanes of at least 4 members (excludes halogenated alkanes) is 1. The first kappa shape index (κ1) is 63.9. The van der Waals surface area contributed by atoms with Gasteiger partial charge in [-0.25, -0.2) is 0 Å². The second kappa shape index (κ2) is 32.2. The molecular weight excluding hydrogens is 1030 g/mol. The molecular formula is C48H74N14O14S. The maximum Gasteiger partial charge on any atom is 0.305 e. The fraction of sp³-hybridized carbons (Fsp3) is 0.604. The molecule has 0 unspecified atom stereocenters. The highest BCUT2D eigenvalue weighted by atomic mass is 32.2. The molecule has 0 aliphatic carbocycles. The Hall–Kier alpha value is -7.40. The molecule has 0 saturated carbocycles. The van der Waals surface area contributed by atoms with Crippen LogP contribution in [0, 0.1) is 10.8 Å². The number of H-pyrrole nitrogens is 1. The van der Waals surface area contributed by atoms with Crippen LogP contribution in [0.1, 0.15) is 84.1 Å². The van der Waals surface area contributed by atoms with Crippen molar-refractivity contribution < 1.29 is 63.3 Å². The number of aliphatic imine (C=N–C) groups is 1. The number of nitroso groups, excluding NO2 is 1. The molecule has 1 aromatic heterocycles. The smallest absolute Gasteiger partial charge is 0.305 e. The van der Waals surface area contributed by atoms with Crippen LogP contribution in [-0.4, -0.2) is 183 Å². The molecule has 0 spiro atoms. The number of aromatic nitrogens is 1. The third-order valence-corrected chi connectivity index (χ3v) is 13.4. The first-order chi connectivity index (χ1) is 36.5. The van der Waals surface area contributed by atoms with Gasteiger partial charge < -0.3 is 79.6 Å². The highest BCUT2D eigenvalue weighted by Gasteiger charge is 2.37. The third kappa shape index (κ3) is 21.3. The summed E-state index contributed by atoms with van der Waals surface area (Å²) in [5.41, 5.74) is 17.9. The SMILES string of the molecule is CC(C)C[C@@H]1NC(=O)[C@H]([C@@H](C)O)NC(=O)[C@H](CC(=O)O)NC(=O)[C@H](CCO)NC(=O)[C@H](CCCN=C(N)N)N(C)C(=O)CCSC[C@@H](C(=O)N[C@@H](Cc2c[nH]c3ccccc23)C(=O)N[C@@H](CCCCN=O)C(N)=O)NC1=O. The molecule has 2 heterocycles. The number of aromatic amines is 1. The summed E-state index contributed by atoms with van der Waals surface area (Å²) in [6.45, 7) is 3.88. The van der Waals surface area contributed by atoms with E-state index in [4.69, 9.17) is 17.2 Å². The predicted octanol–water partition coefficient (Wildman–Crippen LogP) is -3.17. The maximum atomic E-state index is 14.6. The van der Waals surface area contributed by atoms with Crippen molar-refractivity contribution in [1.82, 2.24) is 47.1 Å². The van der Waals surface area contributed by atoms with Crippen LogP contribution in [0.25, 0.3) is 10.9 Å². The van der Waals surface area contributed by atoms with E-state index in [1.807, 2.05) is 0 Å². The van der Waals surface area contributed by atoms with Crippen molar-refractivity contribution in [3.05, 3.63) is 40.9 Å². The Morgan fingerprint density at radius 3 is 2.12 bits per heavy atom. The van der Waals surface area contributed by atoms with E-state index in [1.54, 1.807) is 44.3 Å². The van der Waals surface area contributed by atoms with E-state index in [-0.39, 0.29) is 75.0 Å². The predicted molar refractivity (Wildman–Crippen MR) is 283 cm³/mol. The molecule has 0 bridgehead atoms. The lowest BCUT2D eigenvalue weighted by Gasteiger charge is -2.30. The first-order valence-corrected chi connectivity index (χ1v) is 26.3. The van der Waals surface area contributed by atoms with Gasteiger partial charge in [0.2, 0.25) is 53.2 Å². The molecule has 1 aliphatic heterocycles. The van der Waals surface area contributed by atoms with Gasteiger partial charge >= 0.3 is 5.97 Å². The molecule has 426 valence electrons. The van der Waals surface area contributed by atoms with Gasteiger partial charge in [0, 0.05) is 61.6 Å². The van der Waals surface area contributed by atoms with Gasteiger partial charge in [0.05, 0.1) is 19.1 Å². The minimum absolute atomic E-state index is 0.0211. The van der Waals surface area contributed by atoms with Crippen LogP contribution in [0.15, 0.2) is 40.6 Å². The molecule has 1 saturated heterocycles. The van der Waals surface area contributed by atoms with E-state index in [0.29, 0.717) is 29.3 Å². The average molecular weight is 1100 g/mol. The van der Waals surface area contributed by atoms with E-state index in [2.05, 4.69) is 52.4 Å². The van der Waals surface area contributed by atoms with Gasteiger partial charge in [0.15, 0.2) is 5.96 Å². The van der Waals surface area contributed by atoms with Crippen molar-refractivity contribution in [3.8, 4) is 0 Å². The largest absolute Gasteiger partial charge is 0.481 e. The number of hydrogen-bond acceptors (Lipinski definition) is 16. The second-order valence-corrected chi connectivity index (χ2v) is 20.1. The summed E-state index contributed by atoms with van der Waals surface area (Å²) in [6, 6.07) is -5.19. The fourth-order valence-corrected chi connectivity index (χ4v) is 9.15. The van der Waals surface area contributed by atoms with Crippen LogP contribution in [0.5, 0.6) is 0 Å².